The Morgan fingerprint density at radius 2 is 1.82 bits per heavy atom. The summed E-state index contributed by atoms with van der Waals surface area (Å²) in [5, 5.41) is 4.08. The number of benzene rings is 2. The molecule has 1 fully saturated rings. The molecule has 1 aliphatic rings. The summed E-state index contributed by atoms with van der Waals surface area (Å²) < 4.78 is 16.0. The molecule has 0 aliphatic carbocycles. The van der Waals surface area contributed by atoms with E-state index < -0.39 is 5.41 Å². The van der Waals surface area contributed by atoms with Gasteiger partial charge in [0.2, 0.25) is 5.91 Å². The molecule has 7 heteroatoms. The van der Waals surface area contributed by atoms with Crippen molar-refractivity contribution in [2.75, 3.05) is 38.9 Å². The van der Waals surface area contributed by atoms with E-state index in [9.17, 15) is 4.79 Å². The van der Waals surface area contributed by atoms with E-state index in [0.29, 0.717) is 60.8 Å². The highest BCUT2D eigenvalue weighted by Crippen LogP contribution is 2.37. The van der Waals surface area contributed by atoms with Crippen LogP contribution in [0.25, 0.3) is 0 Å². The first kappa shape index (κ1) is 20.9. The van der Waals surface area contributed by atoms with Crippen molar-refractivity contribution in [2.45, 2.75) is 18.3 Å². The normalized spacial score (nSPS) is 15.8. The molecule has 1 heterocycles. The summed E-state index contributed by atoms with van der Waals surface area (Å²) in [5.74, 6) is 0.470. The molecule has 3 rings (SSSR count). The van der Waals surface area contributed by atoms with E-state index in [1.165, 1.54) is 0 Å². The zero-order valence-corrected chi connectivity index (χ0v) is 17.2. The number of carbonyl (C=O) groups is 1. The Hall–Kier alpha value is -1.79. The van der Waals surface area contributed by atoms with Crippen LogP contribution in [0.1, 0.15) is 18.4 Å². The van der Waals surface area contributed by atoms with Crippen LogP contribution in [-0.2, 0) is 19.7 Å². The maximum Gasteiger partial charge on any atom is 0.235 e. The van der Waals surface area contributed by atoms with Crippen molar-refractivity contribution >= 4 is 34.8 Å². The number of halogens is 2. The summed E-state index contributed by atoms with van der Waals surface area (Å²) in [6, 6.07) is 12.7. The molecule has 1 amide bonds. The predicted molar refractivity (Wildman–Crippen MR) is 111 cm³/mol. The molecular formula is C21H23Cl2NO4. The predicted octanol–water partition coefficient (Wildman–Crippen LogP) is 4.71. The van der Waals surface area contributed by atoms with Gasteiger partial charge in [0.1, 0.15) is 12.4 Å². The number of amides is 1. The second-order valence-corrected chi connectivity index (χ2v) is 7.49. The fourth-order valence-corrected chi connectivity index (χ4v) is 3.68. The minimum absolute atomic E-state index is 0.0813. The van der Waals surface area contributed by atoms with E-state index >= 15 is 0 Å². The van der Waals surface area contributed by atoms with Crippen molar-refractivity contribution in [3.63, 3.8) is 0 Å². The number of nitrogens with one attached hydrogen (secondary N) is 1. The van der Waals surface area contributed by atoms with Crippen LogP contribution >= 0.6 is 23.2 Å². The molecule has 1 aliphatic heterocycles. The number of hydrogen-bond donors (Lipinski definition) is 1. The van der Waals surface area contributed by atoms with E-state index in [1.807, 2.05) is 24.3 Å². The summed E-state index contributed by atoms with van der Waals surface area (Å²) in [6.07, 6.45) is 1.21. The van der Waals surface area contributed by atoms with Gasteiger partial charge in [-0.25, -0.2) is 0 Å². The number of methoxy groups -OCH3 is 1. The van der Waals surface area contributed by atoms with E-state index in [0.717, 1.165) is 5.56 Å². The van der Waals surface area contributed by atoms with Crippen molar-refractivity contribution in [3.05, 3.63) is 58.1 Å². The molecule has 2 aromatic rings. The van der Waals surface area contributed by atoms with Crippen LogP contribution in [0.2, 0.25) is 10.0 Å². The van der Waals surface area contributed by atoms with Gasteiger partial charge in [0, 0.05) is 31.0 Å². The standard InChI is InChI=1S/C21H23Cl2NO4/c1-26-12-13-28-19-7-6-17(14-18(19)23)24-20(25)21(8-10-27-11-9-21)15-2-4-16(22)5-3-15/h2-7,14H,8-13H2,1H3,(H,24,25). The fourth-order valence-electron chi connectivity index (χ4n) is 3.32. The van der Waals surface area contributed by atoms with E-state index in [-0.39, 0.29) is 5.91 Å². The van der Waals surface area contributed by atoms with Crippen LogP contribution in [0.5, 0.6) is 5.75 Å². The molecule has 2 aromatic carbocycles. The average Bonchev–Trinajstić information content (AvgIpc) is 2.71. The van der Waals surface area contributed by atoms with Gasteiger partial charge in [0.25, 0.3) is 0 Å². The lowest BCUT2D eigenvalue weighted by atomic mass is 9.73. The first-order chi connectivity index (χ1) is 13.5. The largest absolute Gasteiger partial charge is 0.490 e. The lowest BCUT2D eigenvalue weighted by Crippen LogP contribution is -2.44. The van der Waals surface area contributed by atoms with Crippen molar-refractivity contribution in [1.82, 2.24) is 0 Å². The van der Waals surface area contributed by atoms with Gasteiger partial charge in [0.15, 0.2) is 0 Å². The van der Waals surface area contributed by atoms with Crippen molar-refractivity contribution < 1.29 is 19.0 Å². The Morgan fingerprint density at radius 1 is 1.11 bits per heavy atom. The zero-order chi connectivity index (χ0) is 20.0. The molecule has 28 heavy (non-hydrogen) atoms. The van der Waals surface area contributed by atoms with Crippen molar-refractivity contribution in [3.8, 4) is 5.75 Å². The number of carbonyl (C=O) groups excluding carboxylic acids is 1. The Bertz CT molecular complexity index is 805. The first-order valence-electron chi connectivity index (χ1n) is 9.12. The van der Waals surface area contributed by atoms with Gasteiger partial charge >= 0.3 is 0 Å². The quantitative estimate of drug-likeness (QED) is 0.655. The van der Waals surface area contributed by atoms with Crippen molar-refractivity contribution in [2.24, 2.45) is 0 Å². The third kappa shape index (κ3) is 4.78. The van der Waals surface area contributed by atoms with E-state index in [4.69, 9.17) is 37.4 Å². The Morgan fingerprint density at radius 3 is 2.46 bits per heavy atom. The van der Waals surface area contributed by atoms with Gasteiger partial charge in [-0.2, -0.15) is 0 Å². The number of hydrogen-bond acceptors (Lipinski definition) is 4. The van der Waals surface area contributed by atoms with Crippen LogP contribution in [0.3, 0.4) is 0 Å². The highest BCUT2D eigenvalue weighted by Gasteiger charge is 2.41. The summed E-state index contributed by atoms with van der Waals surface area (Å²) in [5.41, 5.74) is 0.889. The Labute approximate surface area is 174 Å². The van der Waals surface area contributed by atoms with Gasteiger partial charge in [0.05, 0.1) is 17.0 Å². The molecule has 0 bridgehead atoms. The lowest BCUT2D eigenvalue weighted by Gasteiger charge is -2.36. The Kier molecular flexibility index (Phi) is 7.18. The van der Waals surface area contributed by atoms with Gasteiger partial charge < -0.3 is 19.5 Å². The number of rotatable bonds is 7. The second kappa shape index (κ2) is 9.61. The van der Waals surface area contributed by atoms with Gasteiger partial charge in [-0.1, -0.05) is 35.3 Å². The molecule has 150 valence electrons. The summed E-state index contributed by atoms with van der Waals surface area (Å²) in [4.78, 5) is 13.3. The van der Waals surface area contributed by atoms with Crippen LogP contribution in [0.4, 0.5) is 5.69 Å². The molecule has 0 spiro atoms. The lowest BCUT2D eigenvalue weighted by molar-refractivity contribution is -0.125. The monoisotopic (exact) mass is 423 g/mol. The van der Waals surface area contributed by atoms with Crippen LogP contribution in [0.15, 0.2) is 42.5 Å². The van der Waals surface area contributed by atoms with Crippen LogP contribution < -0.4 is 10.1 Å². The third-order valence-corrected chi connectivity index (χ3v) is 5.46. The van der Waals surface area contributed by atoms with E-state index in [2.05, 4.69) is 5.32 Å². The molecular weight excluding hydrogens is 401 g/mol. The van der Waals surface area contributed by atoms with Gasteiger partial charge in [-0.15, -0.1) is 0 Å². The molecule has 0 atom stereocenters. The molecule has 1 N–H and O–H groups in total. The second-order valence-electron chi connectivity index (χ2n) is 6.64. The maximum atomic E-state index is 13.3. The maximum absolute atomic E-state index is 13.3. The Balaban J connectivity index is 1.79. The first-order valence-corrected chi connectivity index (χ1v) is 9.87. The smallest absolute Gasteiger partial charge is 0.235 e. The summed E-state index contributed by atoms with van der Waals surface area (Å²) in [7, 11) is 1.61. The van der Waals surface area contributed by atoms with Gasteiger partial charge in [-0.3, -0.25) is 4.79 Å². The summed E-state index contributed by atoms with van der Waals surface area (Å²) in [6.45, 7) is 1.94. The van der Waals surface area contributed by atoms with Gasteiger partial charge in [-0.05, 0) is 48.7 Å². The highest BCUT2D eigenvalue weighted by atomic mass is 35.5. The summed E-state index contributed by atoms with van der Waals surface area (Å²) >= 11 is 12.3. The van der Waals surface area contributed by atoms with E-state index in [1.54, 1.807) is 25.3 Å². The molecule has 5 nitrogen and oxygen atoms in total. The molecule has 1 saturated heterocycles. The minimum atomic E-state index is -0.664. The average molecular weight is 424 g/mol. The molecule has 0 saturated carbocycles. The topological polar surface area (TPSA) is 56.8 Å². The SMILES string of the molecule is COCCOc1ccc(NC(=O)C2(c3ccc(Cl)cc3)CCOCC2)cc1Cl. The molecule has 0 unspecified atom stereocenters. The van der Waals surface area contributed by atoms with Crippen molar-refractivity contribution in [1.29, 1.82) is 0 Å². The van der Waals surface area contributed by atoms with Crippen LogP contribution in [0, 0.1) is 0 Å². The third-order valence-electron chi connectivity index (χ3n) is 4.91. The molecule has 0 radical (unpaired) electrons. The van der Waals surface area contributed by atoms with Crippen LogP contribution in [-0.4, -0.2) is 39.4 Å². The fraction of sp³-hybridized carbons (Fsp3) is 0.381. The zero-order valence-electron chi connectivity index (χ0n) is 15.7. The molecule has 0 aromatic heterocycles. The number of anilines is 1. The highest BCUT2D eigenvalue weighted by molar-refractivity contribution is 6.32. The number of ether oxygens (including phenoxy) is 3. The minimum Gasteiger partial charge on any atom is -0.490 e.